The summed E-state index contributed by atoms with van der Waals surface area (Å²) in [6, 6.07) is 4.85. The number of nitrogens with one attached hydrogen (secondary N) is 1. The van der Waals surface area contributed by atoms with Crippen molar-refractivity contribution in [3.05, 3.63) is 52.1 Å². The first-order valence-corrected chi connectivity index (χ1v) is 5.88. The quantitative estimate of drug-likeness (QED) is 0.904. The molecule has 0 aliphatic carbocycles. The van der Waals surface area contributed by atoms with Crippen LogP contribution in [0.1, 0.15) is 10.4 Å². The molecule has 1 aromatic heterocycles. The van der Waals surface area contributed by atoms with Crippen LogP contribution in [0.15, 0.2) is 34.9 Å². The molecule has 2 N–H and O–H groups in total. The number of halogens is 3. The normalized spacial score (nSPS) is 10.3. The van der Waals surface area contributed by atoms with Crippen molar-refractivity contribution in [2.24, 2.45) is 0 Å². The third-order valence-electron chi connectivity index (χ3n) is 2.30. The van der Waals surface area contributed by atoms with Gasteiger partial charge in [-0.25, -0.2) is 18.6 Å². The topological polar surface area (TPSA) is 62.2 Å². The summed E-state index contributed by atoms with van der Waals surface area (Å²) < 4.78 is 27.4. The molecule has 0 atom stereocenters. The standard InChI is InChI=1S/C12H7BrF2N2O2/c13-8-2-1-6(14)5-9(8)17-11-10(15)7(12(18)19)3-4-16-11/h1-5H,(H,16,17)(H,18,19). The van der Waals surface area contributed by atoms with Crippen LogP contribution in [0.5, 0.6) is 0 Å². The molecule has 0 radical (unpaired) electrons. The predicted octanol–water partition coefficient (Wildman–Crippen LogP) is 3.56. The van der Waals surface area contributed by atoms with Gasteiger partial charge in [0.2, 0.25) is 0 Å². The zero-order valence-electron chi connectivity index (χ0n) is 9.32. The maximum atomic E-state index is 13.8. The lowest BCUT2D eigenvalue weighted by Crippen LogP contribution is -2.05. The zero-order valence-corrected chi connectivity index (χ0v) is 10.9. The predicted molar refractivity (Wildman–Crippen MR) is 68.5 cm³/mol. The molecule has 0 amide bonds. The Hall–Kier alpha value is -2.02. The second kappa shape index (κ2) is 5.31. The maximum Gasteiger partial charge on any atom is 0.338 e. The van der Waals surface area contributed by atoms with Gasteiger partial charge in [0.1, 0.15) is 11.4 Å². The molecule has 0 spiro atoms. The van der Waals surface area contributed by atoms with Crippen molar-refractivity contribution in [2.45, 2.75) is 0 Å². The number of pyridine rings is 1. The van der Waals surface area contributed by atoms with Crippen molar-refractivity contribution in [3.8, 4) is 0 Å². The van der Waals surface area contributed by atoms with Gasteiger partial charge in [-0.1, -0.05) is 0 Å². The number of aromatic nitrogens is 1. The van der Waals surface area contributed by atoms with Gasteiger partial charge in [0, 0.05) is 10.7 Å². The number of benzene rings is 1. The summed E-state index contributed by atoms with van der Waals surface area (Å²) in [4.78, 5) is 14.5. The number of aromatic carboxylic acids is 1. The van der Waals surface area contributed by atoms with E-state index in [0.29, 0.717) is 4.47 Å². The monoisotopic (exact) mass is 328 g/mol. The molecule has 2 aromatic rings. The highest BCUT2D eigenvalue weighted by molar-refractivity contribution is 9.10. The average molecular weight is 329 g/mol. The molecule has 19 heavy (non-hydrogen) atoms. The zero-order chi connectivity index (χ0) is 14.0. The van der Waals surface area contributed by atoms with Crippen molar-refractivity contribution in [1.82, 2.24) is 4.98 Å². The first-order chi connectivity index (χ1) is 8.99. The summed E-state index contributed by atoms with van der Waals surface area (Å²) in [5.41, 5.74) is -0.265. The lowest BCUT2D eigenvalue weighted by molar-refractivity contribution is 0.0692. The van der Waals surface area contributed by atoms with Crippen LogP contribution in [0.3, 0.4) is 0 Å². The van der Waals surface area contributed by atoms with Crippen molar-refractivity contribution in [1.29, 1.82) is 0 Å². The highest BCUT2D eigenvalue weighted by Crippen LogP contribution is 2.27. The van der Waals surface area contributed by atoms with Crippen LogP contribution in [0.4, 0.5) is 20.3 Å². The number of hydrogen-bond donors (Lipinski definition) is 2. The van der Waals surface area contributed by atoms with Crippen LogP contribution in [-0.2, 0) is 0 Å². The summed E-state index contributed by atoms with van der Waals surface area (Å²) in [6.45, 7) is 0. The second-order valence-corrected chi connectivity index (χ2v) is 4.43. The smallest absolute Gasteiger partial charge is 0.338 e. The van der Waals surface area contributed by atoms with Gasteiger partial charge in [-0.05, 0) is 40.2 Å². The van der Waals surface area contributed by atoms with E-state index < -0.39 is 23.2 Å². The van der Waals surface area contributed by atoms with Gasteiger partial charge in [-0.2, -0.15) is 0 Å². The Balaban J connectivity index is 2.41. The summed E-state index contributed by atoms with van der Waals surface area (Å²) in [5, 5.41) is 11.3. The molecule has 1 aromatic carbocycles. The Morgan fingerprint density at radius 3 is 2.74 bits per heavy atom. The van der Waals surface area contributed by atoms with E-state index in [1.165, 1.54) is 12.1 Å². The van der Waals surface area contributed by atoms with Crippen LogP contribution in [-0.4, -0.2) is 16.1 Å². The van der Waals surface area contributed by atoms with Gasteiger partial charge in [0.05, 0.1) is 5.69 Å². The largest absolute Gasteiger partial charge is 0.478 e. The third kappa shape index (κ3) is 2.87. The van der Waals surface area contributed by atoms with Gasteiger partial charge in [0.15, 0.2) is 11.6 Å². The molecule has 1 heterocycles. The molecule has 0 saturated carbocycles. The first-order valence-electron chi connectivity index (χ1n) is 5.09. The molecule has 0 aliphatic rings. The van der Waals surface area contributed by atoms with Gasteiger partial charge < -0.3 is 10.4 Å². The van der Waals surface area contributed by atoms with E-state index in [1.54, 1.807) is 0 Å². The molecular formula is C12H7BrF2N2O2. The fourth-order valence-electron chi connectivity index (χ4n) is 1.42. The molecule has 0 aliphatic heterocycles. The van der Waals surface area contributed by atoms with Gasteiger partial charge in [-0.15, -0.1) is 0 Å². The Labute approximate surface area is 115 Å². The molecule has 2 rings (SSSR count). The number of hydrogen-bond acceptors (Lipinski definition) is 3. The minimum atomic E-state index is -1.40. The number of rotatable bonds is 3. The Kier molecular flexibility index (Phi) is 3.75. The minimum absolute atomic E-state index is 0.244. The van der Waals surface area contributed by atoms with Crippen molar-refractivity contribution >= 4 is 33.4 Å². The number of carboxylic acid groups (broad SMARTS) is 1. The highest BCUT2D eigenvalue weighted by atomic mass is 79.9. The van der Waals surface area contributed by atoms with E-state index in [1.807, 2.05) is 0 Å². The highest BCUT2D eigenvalue weighted by Gasteiger charge is 2.15. The molecule has 7 heteroatoms. The van der Waals surface area contributed by atoms with Crippen LogP contribution in [0, 0.1) is 11.6 Å². The first kappa shape index (κ1) is 13.4. The Morgan fingerprint density at radius 2 is 2.05 bits per heavy atom. The summed E-state index contributed by atoms with van der Waals surface area (Å²) in [7, 11) is 0. The van der Waals surface area contributed by atoms with E-state index in [0.717, 1.165) is 18.3 Å². The van der Waals surface area contributed by atoms with E-state index in [-0.39, 0.29) is 11.5 Å². The van der Waals surface area contributed by atoms with Gasteiger partial charge in [0.25, 0.3) is 0 Å². The lowest BCUT2D eigenvalue weighted by Gasteiger charge is -2.09. The van der Waals surface area contributed by atoms with Gasteiger partial charge >= 0.3 is 5.97 Å². The van der Waals surface area contributed by atoms with Crippen LogP contribution < -0.4 is 5.32 Å². The summed E-state index contributed by atoms with van der Waals surface area (Å²) in [5.74, 6) is -3.21. The fourth-order valence-corrected chi connectivity index (χ4v) is 1.76. The second-order valence-electron chi connectivity index (χ2n) is 3.58. The number of carbonyl (C=O) groups is 1. The van der Waals surface area contributed by atoms with E-state index in [4.69, 9.17) is 5.11 Å². The molecule has 4 nitrogen and oxygen atoms in total. The van der Waals surface area contributed by atoms with E-state index in [9.17, 15) is 13.6 Å². The average Bonchev–Trinajstić information content (AvgIpc) is 2.36. The molecule has 0 unspecified atom stereocenters. The summed E-state index contributed by atoms with van der Waals surface area (Å²) in [6.07, 6.45) is 1.15. The number of anilines is 2. The van der Waals surface area contributed by atoms with E-state index in [2.05, 4.69) is 26.2 Å². The van der Waals surface area contributed by atoms with Crippen LogP contribution in [0.2, 0.25) is 0 Å². The maximum absolute atomic E-state index is 13.8. The van der Waals surface area contributed by atoms with Gasteiger partial charge in [-0.3, -0.25) is 0 Å². The van der Waals surface area contributed by atoms with Crippen LogP contribution in [0.25, 0.3) is 0 Å². The number of nitrogens with zero attached hydrogens (tertiary/aromatic N) is 1. The summed E-state index contributed by atoms with van der Waals surface area (Å²) >= 11 is 3.16. The van der Waals surface area contributed by atoms with E-state index >= 15 is 0 Å². The molecule has 0 fully saturated rings. The fraction of sp³-hybridized carbons (Fsp3) is 0. The van der Waals surface area contributed by atoms with Crippen molar-refractivity contribution < 1.29 is 18.7 Å². The minimum Gasteiger partial charge on any atom is -0.478 e. The molecule has 0 bridgehead atoms. The molecular weight excluding hydrogens is 322 g/mol. The lowest BCUT2D eigenvalue weighted by atomic mass is 10.2. The molecule has 0 saturated heterocycles. The number of carboxylic acids is 1. The molecule has 98 valence electrons. The van der Waals surface area contributed by atoms with Crippen molar-refractivity contribution in [3.63, 3.8) is 0 Å². The third-order valence-corrected chi connectivity index (χ3v) is 2.99. The SMILES string of the molecule is O=C(O)c1ccnc(Nc2cc(F)ccc2Br)c1F. The Morgan fingerprint density at radius 1 is 1.32 bits per heavy atom. The van der Waals surface area contributed by atoms with Crippen molar-refractivity contribution in [2.75, 3.05) is 5.32 Å². The van der Waals surface area contributed by atoms with Crippen LogP contribution >= 0.6 is 15.9 Å². The Bertz CT molecular complexity index is 650.